The van der Waals surface area contributed by atoms with Gasteiger partial charge in [-0.1, -0.05) is 30.3 Å². The zero-order valence-electron chi connectivity index (χ0n) is 14.1. The van der Waals surface area contributed by atoms with E-state index in [0.29, 0.717) is 12.1 Å². The molecule has 0 bridgehead atoms. The molecule has 0 aliphatic rings. The third-order valence-corrected chi connectivity index (χ3v) is 4.40. The molecule has 2 aromatic carbocycles. The molecule has 5 heteroatoms. The van der Waals surface area contributed by atoms with E-state index in [1.54, 1.807) is 30.0 Å². The molecular weight excluding hydrogens is 325 g/mol. The maximum Gasteiger partial charge on any atom is 0.128 e. The minimum Gasteiger partial charge on any atom is -0.389 e. The van der Waals surface area contributed by atoms with Gasteiger partial charge in [0.2, 0.25) is 0 Å². The van der Waals surface area contributed by atoms with Gasteiger partial charge in [0, 0.05) is 23.5 Å². The van der Waals surface area contributed by atoms with Crippen LogP contribution in [0.5, 0.6) is 0 Å². The lowest BCUT2D eigenvalue weighted by atomic mass is 10.2. The molecule has 0 aliphatic heterocycles. The summed E-state index contributed by atoms with van der Waals surface area (Å²) in [5.74, 6) is -0.280. The summed E-state index contributed by atoms with van der Waals surface area (Å²) < 4.78 is 18.9. The van der Waals surface area contributed by atoms with E-state index in [1.807, 2.05) is 11.9 Å². The molecule has 0 saturated heterocycles. The normalized spacial score (nSPS) is 12.5. The highest BCUT2D eigenvalue weighted by atomic mass is 32.2. The second-order valence-electron chi connectivity index (χ2n) is 5.81. The zero-order chi connectivity index (χ0) is 17.4. The molecule has 130 valence electrons. The van der Waals surface area contributed by atoms with E-state index in [9.17, 15) is 9.50 Å². The molecular formula is C19H24FNO2S. The van der Waals surface area contributed by atoms with Crippen LogP contribution in [0.15, 0.2) is 53.4 Å². The van der Waals surface area contributed by atoms with Gasteiger partial charge in [0.05, 0.1) is 19.3 Å². The smallest absolute Gasteiger partial charge is 0.128 e. The Bertz CT molecular complexity index is 621. The number of halogens is 1. The number of rotatable bonds is 9. The van der Waals surface area contributed by atoms with Gasteiger partial charge in [-0.2, -0.15) is 0 Å². The highest BCUT2D eigenvalue weighted by molar-refractivity contribution is 7.98. The molecule has 0 fully saturated rings. The predicted molar refractivity (Wildman–Crippen MR) is 96.6 cm³/mol. The predicted octanol–water partition coefficient (Wildman–Crippen LogP) is 3.56. The maximum absolute atomic E-state index is 13.5. The molecule has 0 spiro atoms. The zero-order valence-corrected chi connectivity index (χ0v) is 14.9. The van der Waals surface area contributed by atoms with Crippen LogP contribution in [0, 0.1) is 5.82 Å². The van der Waals surface area contributed by atoms with Crippen molar-refractivity contribution < 1.29 is 14.2 Å². The number of nitrogens with zero attached hydrogens (tertiary/aromatic N) is 1. The molecule has 0 aliphatic carbocycles. The summed E-state index contributed by atoms with van der Waals surface area (Å²) in [6, 6.07) is 14.9. The summed E-state index contributed by atoms with van der Waals surface area (Å²) in [6.45, 7) is 1.62. The Hall–Kier alpha value is -1.40. The van der Waals surface area contributed by atoms with Crippen LogP contribution in [0.3, 0.4) is 0 Å². The van der Waals surface area contributed by atoms with Crippen LogP contribution in [0.2, 0.25) is 0 Å². The van der Waals surface area contributed by atoms with E-state index in [4.69, 9.17) is 4.74 Å². The lowest BCUT2D eigenvalue weighted by Gasteiger charge is -2.20. The number of benzene rings is 2. The number of aliphatic hydroxyl groups is 1. The molecule has 0 aromatic heterocycles. The maximum atomic E-state index is 13.5. The van der Waals surface area contributed by atoms with Crippen LogP contribution >= 0.6 is 11.8 Å². The monoisotopic (exact) mass is 349 g/mol. The largest absolute Gasteiger partial charge is 0.389 e. The van der Waals surface area contributed by atoms with Crippen LogP contribution in [0.4, 0.5) is 4.39 Å². The van der Waals surface area contributed by atoms with Gasteiger partial charge in [-0.05, 0) is 37.1 Å². The van der Waals surface area contributed by atoms with Gasteiger partial charge < -0.3 is 9.84 Å². The van der Waals surface area contributed by atoms with E-state index < -0.39 is 6.10 Å². The molecule has 0 heterocycles. The number of aliphatic hydroxyl groups excluding tert-OH is 1. The van der Waals surface area contributed by atoms with Gasteiger partial charge in [-0.25, -0.2) is 4.39 Å². The van der Waals surface area contributed by atoms with Crippen molar-refractivity contribution in [2.24, 2.45) is 0 Å². The van der Waals surface area contributed by atoms with Crippen molar-refractivity contribution in [3.63, 3.8) is 0 Å². The molecule has 2 aromatic rings. The van der Waals surface area contributed by atoms with Gasteiger partial charge in [-0.15, -0.1) is 11.8 Å². The number of hydrogen-bond acceptors (Lipinski definition) is 4. The summed E-state index contributed by atoms with van der Waals surface area (Å²) >= 11 is 1.72. The van der Waals surface area contributed by atoms with Crippen molar-refractivity contribution in [3.8, 4) is 0 Å². The van der Waals surface area contributed by atoms with Crippen LogP contribution in [0.1, 0.15) is 11.1 Å². The first-order chi connectivity index (χ1) is 11.6. The Labute approximate surface area is 147 Å². The Morgan fingerprint density at radius 1 is 1.17 bits per heavy atom. The molecule has 24 heavy (non-hydrogen) atoms. The SMILES string of the molecule is CSc1ccc(CN(C)CC(O)COCc2ccccc2F)cc1. The first-order valence-corrected chi connectivity index (χ1v) is 9.11. The molecule has 1 N–H and O–H groups in total. The highest BCUT2D eigenvalue weighted by Gasteiger charge is 2.10. The van der Waals surface area contributed by atoms with Crippen molar-refractivity contribution in [3.05, 3.63) is 65.5 Å². The average Bonchev–Trinajstić information content (AvgIpc) is 2.57. The minimum atomic E-state index is -0.604. The van der Waals surface area contributed by atoms with Crippen molar-refractivity contribution in [1.29, 1.82) is 0 Å². The number of likely N-dealkylation sites (N-methyl/N-ethyl adjacent to an activating group) is 1. The summed E-state index contributed by atoms with van der Waals surface area (Å²) in [5.41, 5.74) is 1.71. The fourth-order valence-electron chi connectivity index (χ4n) is 2.44. The van der Waals surface area contributed by atoms with Gasteiger partial charge in [0.1, 0.15) is 5.82 Å². The van der Waals surface area contributed by atoms with Gasteiger partial charge in [0.15, 0.2) is 0 Å². The third kappa shape index (κ3) is 6.24. The van der Waals surface area contributed by atoms with Crippen LogP contribution in [-0.2, 0) is 17.9 Å². The molecule has 2 rings (SSSR count). The Morgan fingerprint density at radius 2 is 1.88 bits per heavy atom. The van der Waals surface area contributed by atoms with Crippen LogP contribution in [-0.4, -0.2) is 42.6 Å². The topological polar surface area (TPSA) is 32.7 Å². The first-order valence-electron chi connectivity index (χ1n) is 7.89. The van der Waals surface area contributed by atoms with Gasteiger partial charge in [-0.3, -0.25) is 4.90 Å². The Balaban J connectivity index is 1.71. The van der Waals surface area contributed by atoms with Crippen molar-refractivity contribution in [1.82, 2.24) is 4.90 Å². The van der Waals surface area contributed by atoms with E-state index >= 15 is 0 Å². The molecule has 0 radical (unpaired) electrons. The van der Waals surface area contributed by atoms with Crippen molar-refractivity contribution in [2.45, 2.75) is 24.2 Å². The molecule has 0 amide bonds. The first kappa shape index (κ1) is 18.9. The van der Waals surface area contributed by atoms with Crippen molar-refractivity contribution in [2.75, 3.05) is 26.5 Å². The standard InChI is InChI=1S/C19H24FNO2S/c1-21(11-15-7-9-18(24-2)10-8-15)12-17(22)14-23-13-16-5-3-4-6-19(16)20/h3-10,17,22H,11-14H2,1-2H3. The van der Waals surface area contributed by atoms with Crippen molar-refractivity contribution >= 4 is 11.8 Å². The quantitative estimate of drug-likeness (QED) is 0.702. The number of hydrogen-bond donors (Lipinski definition) is 1. The fraction of sp³-hybridized carbons (Fsp3) is 0.368. The molecule has 3 nitrogen and oxygen atoms in total. The number of thioether (sulfide) groups is 1. The summed E-state index contributed by atoms with van der Waals surface area (Å²) in [5, 5.41) is 10.1. The van der Waals surface area contributed by atoms with E-state index in [0.717, 1.165) is 6.54 Å². The Morgan fingerprint density at radius 3 is 2.54 bits per heavy atom. The Kier molecular flexibility index (Phi) is 7.72. The number of ether oxygens (including phenoxy) is 1. The van der Waals surface area contributed by atoms with Gasteiger partial charge in [0.25, 0.3) is 0 Å². The van der Waals surface area contributed by atoms with E-state index in [2.05, 4.69) is 30.5 Å². The average molecular weight is 349 g/mol. The second-order valence-corrected chi connectivity index (χ2v) is 6.68. The molecule has 0 saturated carbocycles. The third-order valence-electron chi connectivity index (χ3n) is 3.66. The van der Waals surface area contributed by atoms with Gasteiger partial charge >= 0.3 is 0 Å². The minimum absolute atomic E-state index is 0.170. The summed E-state index contributed by atoms with van der Waals surface area (Å²) in [4.78, 5) is 3.29. The van der Waals surface area contributed by atoms with E-state index in [-0.39, 0.29) is 19.0 Å². The summed E-state index contributed by atoms with van der Waals surface area (Å²) in [6.07, 6.45) is 1.45. The lowest BCUT2D eigenvalue weighted by Crippen LogP contribution is -2.31. The van der Waals surface area contributed by atoms with E-state index in [1.165, 1.54) is 16.5 Å². The lowest BCUT2D eigenvalue weighted by molar-refractivity contribution is 0.0119. The summed E-state index contributed by atoms with van der Waals surface area (Å²) in [7, 11) is 1.96. The molecule has 1 unspecified atom stereocenters. The fourth-order valence-corrected chi connectivity index (χ4v) is 2.85. The molecule has 1 atom stereocenters. The van der Waals surface area contributed by atoms with Crippen LogP contribution in [0.25, 0.3) is 0 Å². The highest BCUT2D eigenvalue weighted by Crippen LogP contribution is 2.15. The van der Waals surface area contributed by atoms with Crippen LogP contribution < -0.4 is 0 Å². The second kappa shape index (κ2) is 9.79.